The van der Waals surface area contributed by atoms with Gasteiger partial charge in [0, 0.05) is 18.2 Å². The summed E-state index contributed by atoms with van der Waals surface area (Å²) in [5.74, 6) is -2.07. The summed E-state index contributed by atoms with van der Waals surface area (Å²) in [6.45, 7) is 0. The van der Waals surface area contributed by atoms with E-state index in [2.05, 4.69) is 5.32 Å². The molecule has 1 N–H and O–H groups in total. The van der Waals surface area contributed by atoms with Crippen LogP contribution in [0.15, 0.2) is 24.5 Å². The van der Waals surface area contributed by atoms with Crippen LogP contribution < -0.4 is 10.0 Å². The lowest BCUT2D eigenvalue weighted by Crippen LogP contribution is -2.47. The maximum Gasteiger partial charge on any atom is 0.393 e. The van der Waals surface area contributed by atoms with Crippen LogP contribution in [0, 0.1) is 11.1 Å². The van der Waals surface area contributed by atoms with Crippen LogP contribution in [0.1, 0.15) is 36.0 Å². The second kappa shape index (κ2) is 5.68. The molecule has 110 valence electrons. The molecule has 1 fully saturated rings. The van der Waals surface area contributed by atoms with Crippen LogP contribution in [0.2, 0.25) is 0 Å². The normalized spacial score (nSPS) is 23.4. The van der Waals surface area contributed by atoms with E-state index in [9.17, 15) is 23.2 Å². The summed E-state index contributed by atoms with van der Waals surface area (Å²) < 4.78 is 39.2. The van der Waals surface area contributed by atoms with Crippen molar-refractivity contribution in [3.05, 3.63) is 35.3 Å². The number of aromatic nitrogens is 1. The van der Waals surface area contributed by atoms with Crippen molar-refractivity contribution in [3.8, 4) is 0 Å². The number of rotatable bonds is 2. The first-order valence-corrected chi connectivity index (χ1v) is 6.44. The van der Waals surface area contributed by atoms with Crippen molar-refractivity contribution in [2.24, 2.45) is 5.92 Å². The van der Waals surface area contributed by atoms with Crippen molar-refractivity contribution in [3.63, 3.8) is 0 Å². The number of carbonyl (C=O) groups excluding carboxylic acids is 1. The van der Waals surface area contributed by atoms with E-state index in [4.69, 9.17) is 0 Å². The van der Waals surface area contributed by atoms with Crippen LogP contribution in [0.25, 0.3) is 0 Å². The highest BCUT2D eigenvalue weighted by Gasteiger charge is 2.45. The maximum absolute atomic E-state index is 12.9. The summed E-state index contributed by atoms with van der Waals surface area (Å²) in [6, 6.07) is 1.68. The SMILES string of the molecule is O=C(N[C@H]1CCCC[C@H]1C(F)(F)F)c1cc[n+]([O-])cc1. The second-order valence-electron chi connectivity index (χ2n) is 4.96. The Labute approximate surface area is 114 Å². The van der Waals surface area contributed by atoms with Gasteiger partial charge < -0.3 is 10.5 Å². The van der Waals surface area contributed by atoms with Crippen molar-refractivity contribution < 1.29 is 22.7 Å². The molecular formula is C13H15F3N2O2. The molecule has 1 aromatic rings. The molecule has 0 aromatic carbocycles. The van der Waals surface area contributed by atoms with Crippen molar-refractivity contribution in [1.82, 2.24) is 5.32 Å². The van der Waals surface area contributed by atoms with Gasteiger partial charge >= 0.3 is 6.18 Å². The summed E-state index contributed by atoms with van der Waals surface area (Å²) in [5.41, 5.74) is 0.184. The molecule has 1 aliphatic rings. The second-order valence-corrected chi connectivity index (χ2v) is 4.96. The van der Waals surface area contributed by atoms with Crippen LogP contribution in [-0.2, 0) is 0 Å². The largest absolute Gasteiger partial charge is 0.619 e. The first kappa shape index (κ1) is 14.6. The van der Waals surface area contributed by atoms with Gasteiger partial charge in [-0.3, -0.25) is 4.79 Å². The van der Waals surface area contributed by atoms with Crippen LogP contribution in [0.3, 0.4) is 0 Å². The van der Waals surface area contributed by atoms with Gasteiger partial charge in [-0.15, -0.1) is 0 Å². The molecule has 1 saturated carbocycles. The number of pyridine rings is 1. The smallest absolute Gasteiger partial charge is 0.393 e. The summed E-state index contributed by atoms with van der Waals surface area (Å²) in [5, 5.41) is 13.3. The molecule has 2 atom stereocenters. The fraction of sp³-hybridized carbons (Fsp3) is 0.538. The van der Waals surface area contributed by atoms with Gasteiger partial charge in [0.2, 0.25) is 0 Å². The molecule has 0 spiro atoms. The summed E-state index contributed by atoms with van der Waals surface area (Å²) in [7, 11) is 0. The lowest BCUT2D eigenvalue weighted by molar-refractivity contribution is -0.605. The highest BCUT2D eigenvalue weighted by atomic mass is 19.4. The van der Waals surface area contributed by atoms with E-state index in [1.54, 1.807) is 0 Å². The molecule has 1 heterocycles. The van der Waals surface area contributed by atoms with E-state index in [-0.39, 0.29) is 12.0 Å². The maximum atomic E-state index is 12.9. The van der Waals surface area contributed by atoms with Gasteiger partial charge in [0.05, 0.1) is 11.5 Å². The average Bonchev–Trinajstić information content (AvgIpc) is 2.38. The van der Waals surface area contributed by atoms with Gasteiger partial charge in [-0.1, -0.05) is 12.8 Å². The van der Waals surface area contributed by atoms with Crippen molar-refractivity contribution in [2.45, 2.75) is 37.9 Å². The number of amides is 1. The molecule has 0 aliphatic heterocycles. The number of hydrogen-bond donors (Lipinski definition) is 1. The zero-order valence-electron chi connectivity index (χ0n) is 10.7. The Balaban J connectivity index is 2.07. The van der Waals surface area contributed by atoms with E-state index in [1.807, 2.05) is 0 Å². The van der Waals surface area contributed by atoms with E-state index in [0.29, 0.717) is 24.0 Å². The van der Waals surface area contributed by atoms with Gasteiger partial charge in [-0.2, -0.15) is 17.9 Å². The number of nitrogens with one attached hydrogen (secondary N) is 1. The molecule has 0 saturated heterocycles. The molecule has 2 rings (SSSR count). The predicted octanol–water partition coefficient (Wildman–Crippen LogP) is 2.17. The van der Waals surface area contributed by atoms with Crippen LogP contribution in [-0.4, -0.2) is 18.1 Å². The number of hydrogen-bond acceptors (Lipinski definition) is 2. The number of nitrogens with zero attached hydrogens (tertiary/aromatic N) is 1. The Morgan fingerprint density at radius 3 is 2.45 bits per heavy atom. The minimum atomic E-state index is -4.30. The van der Waals surface area contributed by atoms with Gasteiger partial charge in [-0.05, 0) is 12.8 Å². The molecule has 7 heteroatoms. The Hall–Kier alpha value is -1.79. The summed E-state index contributed by atoms with van der Waals surface area (Å²) in [6.07, 6.45) is -0.458. The zero-order chi connectivity index (χ0) is 14.8. The summed E-state index contributed by atoms with van der Waals surface area (Å²) >= 11 is 0. The minimum Gasteiger partial charge on any atom is -0.619 e. The standard InChI is InChI=1S/C13H15F3N2O2/c14-13(15,16)10-3-1-2-4-11(10)17-12(19)9-5-7-18(20)8-6-9/h5-8,10-11H,1-4H2,(H,17,19)/t10-,11+/m1/s1. The first-order chi connectivity index (χ1) is 9.38. The van der Waals surface area contributed by atoms with Crippen molar-refractivity contribution >= 4 is 5.91 Å². The van der Waals surface area contributed by atoms with Crippen molar-refractivity contribution in [1.29, 1.82) is 0 Å². The molecule has 1 aromatic heterocycles. The van der Waals surface area contributed by atoms with Gasteiger partial charge in [0.15, 0.2) is 12.4 Å². The van der Waals surface area contributed by atoms with Crippen LogP contribution >= 0.6 is 0 Å². The molecule has 0 unspecified atom stereocenters. The van der Waals surface area contributed by atoms with E-state index >= 15 is 0 Å². The molecule has 1 aliphatic carbocycles. The minimum absolute atomic E-state index is 0.0454. The molecule has 0 radical (unpaired) electrons. The molecule has 4 nitrogen and oxygen atoms in total. The zero-order valence-corrected chi connectivity index (χ0v) is 10.7. The van der Waals surface area contributed by atoms with Gasteiger partial charge in [0.25, 0.3) is 5.91 Å². The molecule has 20 heavy (non-hydrogen) atoms. The van der Waals surface area contributed by atoms with E-state index < -0.39 is 24.0 Å². The third-order valence-electron chi connectivity index (χ3n) is 3.57. The quantitative estimate of drug-likeness (QED) is 0.670. The number of carbonyl (C=O) groups is 1. The topological polar surface area (TPSA) is 56.0 Å². The van der Waals surface area contributed by atoms with E-state index in [1.165, 1.54) is 12.1 Å². The van der Waals surface area contributed by atoms with Crippen LogP contribution in [0.5, 0.6) is 0 Å². The summed E-state index contributed by atoms with van der Waals surface area (Å²) in [4.78, 5) is 11.9. The monoisotopic (exact) mass is 288 g/mol. The third-order valence-corrected chi connectivity index (χ3v) is 3.57. The lowest BCUT2D eigenvalue weighted by atomic mass is 9.84. The van der Waals surface area contributed by atoms with Gasteiger partial charge in [0.1, 0.15) is 0 Å². The fourth-order valence-electron chi connectivity index (χ4n) is 2.51. The van der Waals surface area contributed by atoms with Crippen molar-refractivity contribution in [2.75, 3.05) is 0 Å². The third kappa shape index (κ3) is 3.40. The highest BCUT2D eigenvalue weighted by molar-refractivity contribution is 5.94. The predicted molar refractivity (Wildman–Crippen MR) is 64.7 cm³/mol. The Bertz CT molecular complexity index is 473. The van der Waals surface area contributed by atoms with Crippen LogP contribution in [0.4, 0.5) is 13.2 Å². The number of alkyl halides is 3. The Morgan fingerprint density at radius 1 is 1.25 bits per heavy atom. The molecular weight excluding hydrogens is 273 g/mol. The molecule has 1 amide bonds. The fourth-order valence-corrected chi connectivity index (χ4v) is 2.51. The average molecular weight is 288 g/mol. The van der Waals surface area contributed by atoms with E-state index in [0.717, 1.165) is 12.4 Å². The lowest BCUT2D eigenvalue weighted by Gasteiger charge is -2.33. The molecule has 0 bridgehead atoms. The first-order valence-electron chi connectivity index (χ1n) is 6.44. The Kier molecular flexibility index (Phi) is 4.15. The number of halogens is 3. The Morgan fingerprint density at radius 2 is 1.85 bits per heavy atom. The van der Waals surface area contributed by atoms with Gasteiger partial charge in [-0.25, -0.2) is 0 Å². The highest BCUT2D eigenvalue weighted by Crippen LogP contribution is 2.37.